The van der Waals surface area contributed by atoms with E-state index >= 15 is 0 Å². The van der Waals surface area contributed by atoms with Gasteiger partial charge < -0.3 is 10.7 Å². The summed E-state index contributed by atoms with van der Waals surface area (Å²) in [6.45, 7) is 4.91. The van der Waals surface area contributed by atoms with Gasteiger partial charge in [-0.05, 0) is 13.0 Å². The molecule has 5 heteroatoms. The number of aromatic nitrogens is 2. The van der Waals surface area contributed by atoms with E-state index in [9.17, 15) is 0 Å². The molecule has 1 radical (unpaired) electrons. The first-order valence-corrected chi connectivity index (χ1v) is 5.47. The van der Waals surface area contributed by atoms with Crippen LogP contribution in [0.15, 0.2) is 12.4 Å². The van der Waals surface area contributed by atoms with E-state index < -0.39 is 0 Å². The number of nitrogens with zero attached hydrogens (tertiary/aromatic N) is 3. The Morgan fingerprint density at radius 1 is 1.47 bits per heavy atom. The first-order valence-electron chi connectivity index (χ1n) is 5.47. The lowest BCUT2D eigenvalue weighted by Gasteiger charge is -2.22. The lowest BCUT2D eigenvalue weighted by Crippen LogP contribution is -2.34. The maximum Gasteiger partial charge on any atom is 0.124 e. The number of H-pyrrole nitrogens is 1. The highest BCUT2D eigenvalue weighted by Gasteiger charge is 2.15. The van der Waals surface area contributed by atoms with E-state index in [-0.39, 0.29) is 6.04 Å². The van der Waals surface area contributed by atoms with Crippen LogP contribution in [0.5, 0.6) is 0 Å². The number of nitrogens with one attached hydrogen (secondary N) is 1. The molecule has 0 spiro atoms. The summed E-state index contributed by atoms with van der Waals surface area (Å²) in [5, 5.41) is 4.39. The van der Waals surface area contributed by atoms with E-state index in [1.54, 1.807) is 6.20 Å². The molecule has 1 aliphatic rings. The summed E-state index contributed by atoms with van der Waals surface area (Å²) in [5.74, 6) is 0.871. The van der Waals surface area contributed by atoms with Crippen LogP contribution in [-0.4, -0.2) is 47.6 Å². The van der Waals surface area contributed by atoms with Crippen LogP contribution in [0.3, 0.4) is 0 Å². The molecule has 0 bridgehead atoms. The minimum Gasteiger partial charge on any atom is -0.347 e. The number of rotatable bonds is 3. The Morgan fingerprint density at radius 3 is 3.20 bits per heavy atom. The van der Waals surface area contributed by atoms with E-state index in [0.29, 0.717) is 0 Å². The molecule has 83 valence electrons. The molecule has 0 aliphatic carbocycles. The molecule has 1 aromatic rings. The minimum absolute atomic E-state index is 0.0156. The third kappa shape index (κ3) is 3.02. The zero-order valence-electron chi connectivity index (χ0n) is 8.89. The van der Waals surface area contributed by atoms with Crippen LogP contribution in [0.4, 0.5) is 0 Å². The van der Waals surface area contributed by atoms with Crippen LogP contribution in [0.1, 0.15) is 18.3 Å². The summed E-state index contributed by atoms with van der Waals surface area (Å²) in [5.41, 5.74) is 6.06. The minimum atomic E-state index is -0.0156. The Labute approximate surface area is 90.1 Å². The smallest absolute Gasteiger partial charge is 0.124 e. The molecular weight excluding hydrogens is 190 g/mol. The van der Waals surface area contributed by atoms with Crippen LogP contribution in [0, 0.1) is 0 Å². The molecule has 1 atom stereocenters. The van der Waals surface area contributed by atoms with Crippen molar-refractivity contribution >= 4 is 0 Å². The van der Waals surface area contributed by atoms with Crippen molar-refractivity contribution < 1.29 is 0 Å². The largest absolute Gasteiger partial charge is 0.347 e. The first-order chi connectivity index (χ1) is 7.36. The van der Waals surface area contributed by atoms with Crippen molar-refractivity contribution in [1.82, 2.24) is 20.2 Å². The number of nitrogens with two attached hydrogens (primary N) is 1. The van der Waals surface area contributed by atoms with Crippen molar-refractivity contribution in [2.75, 3.05) is 32.7 Å². The molecule has 1 saturated heterocycles. The van der Waals surface area contributed by atoms with Gasteiger partial charge in [-0.2, -0.15) is 0 Å². The van der Waals surface area contributed by atoms with Crippen LogP contribution >= 0.6 is 0 Å². The summed E-state index contributed by atoms with van der Waals surface area (Å²) >= 11 is 0. The van der Waals surface area contributed by atoms with Gasteiger partial charge in [0.2, 0.25) is 0 Å². The summed E-state index contributed by atoms with van der Waals surface area (Å²) in [6.07, 6.45) is 4.70. The molecule has 1 aromatic heterocycles. The maximum atomic E-state index is 6.06. The lowest BCUT2D eigenvalue weighted by molar-refractivity contribution is 0.271. The molecule has 1 aliphatic heterocycles. The standard InChI is InChI=1S/C10H18N5/c11-9(10-13-3-4-14-10)8-15-6-1-2-12-5-7-15/h3-4,9H,1-2,5-8,11H2,(H,13,14). The average molecular weight is 208 g/mol. The molecule has 0 aromatic carbocycles. The molecular formula is C10H18N5. The van der Waals surface area contributed by atoms with E-state index in [1.165, 1.54) is 0 Å². The number of hydrogen-bond acceptors (Lipinski definition) is 3. The van der Waals surface area contributed by atoms with E-state index in [4.69, 9.17) is 5.73 Å². The van der Waals surface area contributed by atoms with E-state index in [0.717, 1.165) is 45.0 Å². The van der Waals surface area contributed by atoms with Crippen LogP contribution in [0.25, 0.3) is 0 Å². The third-order valence-corrected chi connectivity index (χ3v) is 2.69. The fourth-order valence-electron chi connectivity index (χ4n) is 1.87. The van der Waals surface area contributed by atoms with Gasteiger partial charge in [-0.15, -0.1) is 0 Å². The molecule has 0 amide bonds. The van der Waals surface area contributed by atoms with Crippen LogP contribution < -0.4 is 11.1 Å². The summed E-state index contributed by atoms with van der Waals surface area (Å²) in [6, 6.07) is -0.0156. The second kappa shape index (κ2) is 5.25. The molecule has 1 fully saturated rings. The molecule has 2 rings (SSSR count). The van der Waals surface area contributed by atoms with Gasteiger partial charge in [-0.3, -0.25) is 4.90 Å². The molecule has 5 nitrogen and oxygen atoms in total. The van der Waals surface area contributed by atoms with Crippen molar-refractivity contribution in [2.45, 2.75) is 12.5 Å². The highest BCUT2D eigenvalue weighted by atomic mass is 15.2. The summed E-state index contributed by atoms with van der Waals surface area (Å²) in [7, 11) is 0. The lowest BCUT2D eigenvalue weighted by atomic mass is 10.2. The Morgan fingerprint density at radius 2 is 2.40 bits per heavy atom. The highest BCUT2D eigenvalue weighted by molar-refractivity contribution is 4.95. The predicted molar refractivity (Wildman–Crippen MR) is 58.4 cm³/mol. The fraction of sp³-hybridized carbons (Fsp3) is 0.700. The highest BCUT2D eigenvalue weighted by Crippen LogP contribution is 2.07. The van der Waals surface area contributed by atoms with Gasteiger partial charge in [0.25, 0.3) is 0 Å². The van der Waals surface area contributed by atoms with Crippen molar-refractivity contribution in [3.63, 3.8) is 0 Å². The Kier molecular flexibility index (Phi) is 3.71. The summed E-state index contributed by atoms with van der Waals surface area (Å²) in [4.78, 5) is 9.60. The molecule has 3 N–H and O–H groups in total. The SMILES string of the molecule is NC(CN1CCC[N]CC1)c1ncc[nH]1. The van der Waals surface area contributed by atoms with Crippen molar-refractivity contribution in [3.05, 3.63) is 18.2 Å². The number of hydrogen-bond donors (Lipinski definition) is 2. The summed E-state index contributed by atoms with van der Waals surface area (Å²) < 4.78 is 0. The van der Waals surface area contributed by atoms with Gasteiger partial charge in [0.15, 0.2) is 0 Å². The van der Waals surface area contributed by atoms with Crippen molar-refractivity contribution in [2.24, 2.45) is 5.73 Å². The van der Waals surface area contributed by atoms with Crippen LogP contribution in [0.2, 0.25) is 0 Å². The number of imidazole rings is 1. The zero-order valence-corrected chi connectivity index (χ0v) is 8.89. The van der Waals surface area contributed by atoms with Crippen molar-refractivity contribution in [3.8, 4) is 0 Å². The Hall–Kier alpha value is -0.910. The second-order valence-corrected chi connectivity index (χ2v) is 3.91. The predicted octanol–water partition coefficient (Wildman–Crippen LogP) is -0.280. The van der Waals surface area contributed by atoms with Crippen molar-refractivity contribution in [1.29, 1.82) is 0 Å². The molecule has 1 unspecified atom stereocenters. The van der Waals surface area contributed by atoms with Gasteiger partial charge in [-0.1, -0.05) is 0 Å². The molecule has 15 heavy (non-hydrogen) atoms. The number of aromatic amines is 1. The maximum absolute atomic E-state index is 6.06. The van der Waals surface area contributed by atoms with Crippen LogP contribution in [-0.2, 0) is 0 Å². The van der Waals surface area contributed by atoms with Gasteiger partial charge >= 0.3 is 0 Å². The van der Waals surface area contributed by atoms with E-state index in [2.05, 4.69) is 20.2 Å². The van der Waals surface area contributed by atoms with Gasteiger partial charge in [-0.25, -0.2) is 10.3 Å². The first kappa shape index (κ1) is 10.6. The topological polar surface area (TPSA) is 72.0 Å². The molecule has 2 heterocycles. The normalized spacial score (nSPS) is 21.1. The van der Waals surface area contributed by atoms with E-state index in [1.807, 2.05) is 6.20 Å². The third-order valence-electron chi connectivity index (χ3n) is 2.69. The second-order valence-electron chi connectivity index (χ2n) is 3.91. The zero-order chi connectivity index (χ0) is 10.5. The molecule has 0 saturated carbocycles. The van der Waals surface area contributed by atoms with Gasteiger partial charge in [0.05, 0.1) is 6.04 Å². The quantitative estimate of drug-likeness (QED) is 0.717. The average Bonchev–Trinajstić information content (AvgIpc) is 2.65. The van der Waals surface area contributed by atoms with Gasteiger partial charge in [0.1, 0.15) is 5.82 Å². The van der Waals surface area contributed by atoms with Gasteiger partial charge in [0, 0.05) is 38.6 Å². The Balaban J connectivity index is 1.84. The monoisotopic (exact) mass is 208 g/mol. The fourth-order valence-corrected chi connectivity index (χ4v) is 1.87. The Bertz CT molecular complexity index is 263.